The maximum absolute atomic E-state index is 6.18. The zero-order chi connectivity index (χ0) is 14.8. The third kappa shape index (κ3) is 3.07. The summed E-state index contributed by atoms with van der Waals surface area (Å²) in [6.07, 6.45) is 0. The number of aromatic nitrogens is 2. The van der Waals surface area contributed by atoms with Crippen LogP contribution >= 0.6 is 23.2 Å². The summed E-state index contributed by atoms with van der Waals surface area (Å²) in [6.45, 7) is 1.97. The largest absolute Gasteiger partial charge is 0.228 e. The van der Waals surface area contributed by atoms with E-state index in [4.69, 9.17) is 23.2 Å². The molecule has 2 nitrogen and oxygen atoms in total. The van der Waals surface area contributed by atoms with E-state index < -0.39 is 0 Å². The molecule has 0 fully saturated rings. The number of hydrogen-bond acceptors (Lipinski definition) is 2. The first kappa shape index (κ1) is 14.1. The van der Waals surface area contributed by atoms with Crippen LogP contribution in [-0.2, 0) is 0 Å². The zero-order valence-corrected chi connectivity index (χ0v) is 12.9. The van der Waals surface area contributed by atoms with Crippen molar-refractivity contribution in [1.29, 1.82) is 0 Å². The van der Waals surface area contributed by atoms with Gasteiger partial charge in [-0.2, -0.15) is 0 Å². The highest BCUT2D eigenvalue weighted by Gasteiger charge is 2.08. The van der Waals surface area contributed by atoms with E-state index >= 15 is 0 Å². The lowest BCUT2D eigenvalue weighted by Gasteiger charge is -2.07. The first-order chi connectivity index (χ1) is 10.1. The Balaban J connectivity index is 2.11. The van der Waals surface area contributed by atoms with Gasteiger partial charge in [0, 0.05) is 22.2 Å². The van der Waals surface area contributed by atoms with Gasteiger partial charge in [-0.25, -0.2) is 9.97 Å². The van der Waals surface area contributed by atoms with Crippen molar-refractivity contribution in [2.45, 2.75) is 6.92 Å². The summed E-state index contributed by atoms with van der Waals surface area (Å²) < 4.78 is 0. The minimum absolute atomic E-state index is 0.413. The molecule has 3 aromatic rings. The van der Waals surface area contributed by atoms with Crippen LogP contribution in [0.2, 0.25) is 10.2 Å². The number of hydrogen-bond donors (Lipinski definition) is 0. The molecule has 21 heavy (non-hydrogen) atoms. The fourth-order valence-electron chi connectivity index (χ4n) is 2.03. The summed E-state index contributed by atoms with van der Waals surface area (Å²) in [4.78, 5) is 8.88. The van der Waals surface area contributed by atoms with Crippen molar-refractivity contribution in [3.63, 3.8) is 0 Å². The van der Waals surface area contributed by atoms with Crippen LogP contribution in [0.3, 0.4) is 0 Å². The lowest BCUT2D eigenvalue weighted by molar-refractivity contribution is 1.18. The quantitative estimate of drug-likeness (QED) is 0.590. The monoisotopic (exact) mass is 314 g/mol. The second kappa shape index (κ2) is 5.84. The number of halogens is 2. The molecule has 0 aliphatic rings. The molecule has 0 radical (unpaired) electrons. The summed E-state index contributed by atoms with van der Waals surface area (Å²) in [6, 6.07) is 17.3. The van der Waals surface area contributed by atoms with Gasteiger partial charge in [0.2, 0.25) is 0 Å². The van der Waals surface area contributed by atoms with Crippen LogP contribution in [0, 0.1) is 6.92 Å². The molecule has 0 spiro atoms. The molecule has 0 saturated carbocycles. The van der Waals surface area contributed by atoms with Crippen molar-refractivity contribution < 1.29 is 0 Å². The predicted octanol–water partition coefficient (Wildman–Crippen LogP) is 5.43. The number of benzene rings is 2. The molecule has 104 valence electrons. The molecular formula is C17H12Cl2N2. The number of rotatable bonds is 2. The average Bonchev–Trinajstić information content (AvgIpc) is 2.50. The van der Waals surface area contributed by atoms with Crippen molar-refractivity contribution in [2.75, 3.05) is 0 Å². The molecule has 0 unspecified atom stereocenters. The van der Waals surface area contributed by atoms with Crippen LogP contribution in [0.1, 0.15) is 5.56 Å². The fourth-order valence-corrected chi connectivity index (χ4v) is 2.40. The molecule has 0 aliphatic heterocycles. The van der Waals surface area contributed by atoms with E-state index in [0.29, 0.717) is 16.0 Å². The third-order valence-corrected chi connectivity index (χ3v) is 3.80. The zero-order valence-electron chi connectivity index (χ0n) is 11.3. The van der Waals surface area contributed by atoms with E-state index in [2.05, 4.69) is 9.97 Å². The minimum atomic E-state index is 0.413. The van der Waals surface area contributed by atoms with E-state index in [1.54, 1.807) is 6.07 Å². The topological polar surface area (TPSA) is 25.8 Å². The lowest BCUT2D eigenvalue weighted by atomic mass is 10.1. The average molecular weight is 315 g/mol. The van der Waals surface area contributed by atoms with Crippen molar-refractivity contribution >= 4 is 23.2 Å². The molecule has 0 saturated heterocycles. The molecule has 0 bridgehead atoms. The maximum atomic E-state index is 6.18. The van der Waals surface area contributed by atoms with Crippen LogP contribution < -0.4 is 0 Å². The fraction of sp³-hybridized carbons (Fsp3) is 0.0588. The maximum Gasteiger partial charge on any atom is 0.161 e. The van der Waals surface area contributed by atoms with Gasteiger partial charge in [-0.3, -0.25) is 0 Å². The molecule has 0 N–H and O–H groups in total. The predicted molar refractivity (Wildman–Crippen MR) is 87.7 cm³/mol. The van der Waals surface area contributed by atoms with Gasteiger partial charge in [-0.05, 0) is 18.6 Å². The van der Waals surface area contributed by atoms with E-state index in [0.717, 1.165) is 22.4 Å². The van der Waals surface area contributed by atoms with Gasteiger partial charge in [-0.15, -0.1) is 0 Å². The van der Waals surface area contributed by atoms with Crippen molar-refractivity contribution in [1.82, 2.24) is 9.97 Å². The van der Waals surface area contributed by atoms with Crippen LogP contribution in [0.25, 0.3) is 22.6 Å². The van der Waals surface area contributed by atoms with Crippen LogP contribution in [0.4, 0.5) is 0 Å². The molecular weight excluding hydrogens is 303 g/mol. The summed E-state index contributed by atoms with van der Waals surface area (Å²) in [5.74, 6) is 0.606. The van der Waals surface area contributed by atoms with Crippen molar-refractivity contribution in [3.8, 4) is 22.6 Å². The normalized spacial score (nSPS) is 10.6. The van der Waals surface area contributed by atoms with Crippen LogP contribution in [-0.4, -0.2) is 9.97 Å². The number of aryl methyl sites for hydroxylation is 1. The van der Waals surface area contributed by atoms with Gasteiger partial charge in [0.05, 0.1) is 5.69 Å². The Morgan fingerprint density at radius 1 is 0.810 bits per heavy atom. The van der Waals surface area contributed by atoms with E-state index in [-0.39, 0.29) is 0 Å². The van der Waals surface area contributed by atoms with E-state index in [9.17, 15) is 0 Å². The Morgan fingerprint density at radius 2 is 1.57 bits per heavy atom. The van der Waals surface area contributed by atoms with Gasteiger partial charge >= 0.3 is 0 Å². The molecule has 0 amide bonds. The number of nitrogens with zero attached hydrogens (tertiary/aromatic N) is 2. The van der Waals surface area contributed by atoms with Gasteiger partial charge in [-0.1, -0.05) is 65.7 Å². The molecule has 4 heteroatoms. The standard InChI is InChI=1S/C17H12Cl2N2/c1-11-7-8-13(9-14(11)18)15-10-16(19)21-17(20-15)12-5-3-2-4-6-12/h2-10H,1H3. The van der Waals surface area contributed by atoms with Crippen LogP contribution in [0.5, 0.6) is 0 Å². The summed E-state index contributed by atoms with van der Waals surface area (Å²) in [5, 5.41) is 1.12. The van der Waals surface area contributed by atoms with Gasteiger partial charge < -0.3 is 0 Å². The molecule has 0 aliphatic carbocycles. The minimum Gasteiger partial charge on any atom is -0.228 e. The highest BCUT2D eigenvalue weighted by atomic mass is 35.5. The second-order valence-electron chi connectivity index (χ2n) is 4.73. The SMILES string of the molecule is Cc1ccc(-c2cc(Cl)nc(-c3ccccc3)n2)cc1Cl. The molecule has 2 aromatic carbocycles. The third-order valence-electron chi connectivity index (χ3n) is 3.19. The van der Waals surface area contributed by atoms with Gasteiger partial charge in [0.1, 0.15) is 5.15 Å². The highest BCUT2D eigenvalue weighted by Crippen LogP contribution is 2.27. The smallest absolute Gasteiger partial charge is 0.161 e. The summed E-state index contributed by atoms with van der Waals surface area (Å²) >= 11 is 12.3. The Labute approximate surface area is 133 Å². The Morgan fingerprint density at radius 3 is 2.29 bits per heavy atom. The van der Waals surface area contributed by atoms with Gasteiger partial charge in [0.25, 0.3) is 0 Å². The van der Waals surface area contributed by atoms with Gasteiger partial charge in [0.15, 0.2) is 5.82 Å². The highest BCUT2D eigenvalue weighted by molar-refractivity contribution is 6.31. The van der Waals surface area contributed by atoms with Crippen LogP contribution in [0.15, 0.2) is 54.6 Å². The molecule has 3 rings (SSSR count). The second-order valence-corrected chi connectivity index (χ2v) is 5.52. The molecule has 0 atom stereocenters. The Hall–Kier alpha value is -1.90. The van der Waals surface area contributed by atoms with Crippen molar-refractivity contribution in [2.24, 2.45) is 0 Å². The van der Waals surface area contributed by atoms with E-state index in [1.807, 2.05) is 55.5 Å². The van der Waals surface area contributed by atoms with E-state index in [1.165, 1.54) is 0 Å². The summed E-state index contributed by atoms with van der Waals surface area (Å²) in [7, 11) is 0. The Bertz CT molecular complexity index is 786. The first-order valence-electron chi connectivity index (χ1n) is 6.50. The summed E-state index contributed by atoms with van der Waals surface area (Å²) in [5.41, 5.74) is 3.64. The lowest BCUT2D eigenvalue weighted by Crippen LogP contribution is -1.93. The Kier molecular flexibility index (Phi) is 3.91. The molecule has 1 aromatic heterocycles. The molecule has 1 heterocycles. The first-order valence-corrected chi connectivity index (χ1v) is 7.25. The van der Waals surface area contributed by atoms with Crippen molar-refractivity contribution in [3.05, 3.63) is 70.3 Å².